The van der Waals surface area contributed by atoms with Crippen LogP contribution in [0.15, 0.2) is 113 Å². The summed E-state index contributed by atoms with van der Waals surface area (Å²) in [4.78, 5) is 27.0. The zero-order valence-corrected chi connectivity index (χ0v) is 23.6. The number of hydrogen-bond donors (Lipinski definition) is 0. The van der Waals surface area contributed by atoms with E-state index in [2.05, 4.69) is 15.1 Å². The number of halogens is 3. The number of oxime groups is 1. The molecule has 5 rings (SSSR count). The Hall–Kier alpha value is -4.43. The molecule has 0 saturated heterocycles. The van der Waals surface area contributed by atoms with Crippen molar-refractivity contribution in [3.63, 3.8) is 0 Å². The Morgan fingerprint density at radius 1 is 0.854 bits per heavy atom. The first-order valence-electron chi connectivity index (χ1n) is 12.3. The van der Waals surface area contributed by atoms with Gasteiger partial charge in [-0.2, -0.15) is 0 Å². The quantitative estimate of drug-likeness (QED) is 0.125. The van der Waals surface area contributed by atoms with Crippen LogP contribution in [0, 0.1) is 0 Å². The monoisotopic (exact) mass is 602 g/mol. The van der Waals surface area contributed by atoms with E-state index in [1.54, 1.807) is 60.8 Å². The highest BCUT2D eigenvalue weighted by Crippen LogP contribution is 2.33. The zero-order chi connectivity index (χ0) is 28.6. The molecule has 0 saturated carbocycles. The Balaban J connectivity index is 1.40. The van der Waals surface area contributed by atoms with Crippen molar-refractivity contribution in [3.8, 4) is 11.5 Å². The van der Waals surface area contributed by atoms with Crippen molar-refractivity contribution < 1.29 is 9.57 Å². The van der Waals surface area contributed by atoms with Gasteiger partial charge in [-0.05, 0) is 78.9 Å². The van der Waals surface area contributed by atoms with Crippen LogP contribution in [0.25, 0.3) is 23.1 Å². The van der Waals surface area contributed by atoms with Gasteiger partial charge in [-0.15, -0.1) is 0 Å². The summed E-state index contributed by atoms with van der Waals surface area (Å²) in [6.45, 7) is -0.155. The Morgan fingerprint density at radius 2 is 1.63 bits per heavy atom. The lowest BCUT2D eigenvalue weighted by molar-refractivity contribution is 0.0816. The molecule has 0 bridgehead atoms. The van der Waals surface area contributed by atoms with Crippen molar-refractivity contribution in [2.75, 3.05) is 0 Å². The Morgan fingerprint density at radius 3 is 2.46 bits per heavy atom. The number of nitrogens with zero attached hydrogens (tertiary/aromatic N) is 4. The highest BCUT2D eigenvalue weighted by Gasteiger charge is 2.08. The second-order valence-electron chi connectivity index (χ2n) is 8.59. The Labute approximate surface area is 250 Å². The molecule has 41 heavy (non-hydrogen) atoms. The van der Waals surface area contributed by atoms with Gasteiger partial charge in [-0.1, -0.05) is 64.2 Å². The van der Waals surface area contributed by atoms with Crippen LogP contribution in [0.5, 0.6) is 11.5 Å². The van der Waals surface area contributed by atoms with Gasteiger partial charge in [0.2, 0.25) is 0 Å². The molecule has 0 radical (unpaired) electrons. The molecule has 0 atom stereocenters. The maximum Gasteiger partial charge on any atom is 0.264 e. The zero-order valence-electron chi connectivity index (χ0n) is 21.3. The van der Waals surface area contributed by atoms with Crippen LogP contribution in [0.3, 0.4) is 0 Å². The van der Waals surface area contributed by atoms with Gasteiger partial charge >= 0.3 is 0 Å². The summed E-state index contributed by atoms with van der Waals surface area (Å²) in [5, 5.41) is 6.00. The predicted molar refractivity (Wildman–Crippen MR) is 165 cm³/mol. The maximum atomic E-state index is 12.9. The molecule has 0 N–H and O–H groups in total. The van der Waals surface area contributed by atoms with Crippen molar-refractivity contribution >= 4 is 63.6 Å². The second-order valence-corrected chi connectivity index (χ2v) is 9.87. The van der Waals surface area contributed by atoms with E-state index in [0.29, 0.717) is 43.2 Å². The average Bonchev–Trinajstić information content (AvgIpc) is 2.98. The predicted octanol–water partition coefficient (Wildman–Crippen LogP) is 8.30. The van der Waals surface area contributed by atoms with Gasteiger partial charge in [0.1, 0.15) is 23.5 Å². The van der Waals surface area contributed by atoms with E-state index in [-0.39, 0.29) is 12.3 Å². The SMILES string of the molecule is O=c1c2cc(Cl)ccc2ncn1CO/N=C(\C=C\c1ccccn1)/C=C/c1ccccc1Oc1ccc(Cl)cc1Cl. The number of fused-ring (bicyclic) bond motifs is 1. The molecule has 7 nitrogen and oxygen atoms in total. The molecule has 0 aliphatic rings. The molecule has 10 heteroatoms. The van der Waals surface area contributed by atoms with Crippen molar-refractivity contribution in [2.24, 2.45) is 5.16 Å². The molecule has 2 heterocycles. The lowest BCUT2D eigenvalue weighted by Gasteiger charge is -2.10. The maximum absolute atomic E-state index is 12.9. The number of aromatic nitrogens is 3. The minimum atomic E-state index is -0.291. The number of hydrogen-bond acceptors (Lipinski definition) is 6. The fraction of sp³-hybridized carbons (Fsp3) is 0.0323. The summed E-state index contributed by atoms with van der Waals surface area (Å²) < 4.78 is 7.37. The molecule has 204 valence electrons. The summed E-state index contributed by atoms with van der Waals surface area (Å²) in [5.41, 5.74) is 2.22. The first kappa shape index (κ1) is 28.1. The van der Waals surface area contributed by atoms with E-state index in [1.807, 2.05) is 48.5 Å². The van der Waals surface area contributed by atoms with Crippen molar-refractivity contribution in [2.45, 2.75) is 6.73 Å². The number of pyridine rings is 1. The van der Waals surface area contributed by atoms with E-state index in [0.717, 1.165) is 11.3 Å². The summed E-state index contributed by atoms with van der Waals surface area (Å²) in [5.74, 6) is 1.05. The second kappa shape index (κ2) is 13.3. The number of rotatable bonds is 9. The van der Waals surface area contributed by atoms with Crippen molar-refractivity contribution in [3.05, 3.63) is 140 Å². The summed E-state index contributed by atoms with van der Waals surface area (Å²) >= 11 is 18.4. The summed E-state index contributed by atoms with van der Waals surface area (Å²) in [6, 6.07) is 23.0. The normalized spacial score (nSPS) is 11.9. The van der Waals surface area contributed by atoms with Gasteiger partial charge in [0.15, 0.2) is 6.73 Å². The standard InChI is InChI=1S/C31H21Cl3N4O3/c32-22-9-14-28-26(17-22)31(39)38(19-36-28)20-40-37-25(13-12-24-6-3-4-16-35-24)11-8-21-5-1-2-7-29(21)41-30-15-10-23(33)18-27(30)34/h1-19H,20H2/b11-8+,13-12+,37-25-. The molecule has 0 aliphatic heterocycles. The highest BCUT2D eigenvalue weighted by molar-refractivity contribution is 6.35. The van der Waals surface area contributed by atoms with Gasteiger partial charge in [0.25, 0.3) is 5.56 Å². The van der Waals surface area contributed by atoms with Gasteiger partial charge < -0.3 is 9.57 Å². The number of para-hydroxylation sites is 1. The molecule has 0 amide bonds. The average molecular weight is 604 g/mol. The third kappa shape index (κ3) is 7.41. The van der Waals surface area contributed by atoms with Gasteiger partial charge in [0, 0.05) is 21.8 Å². The van der Waals surface area contributed by atoms with Crippen LogP contribution in [-0.4, -0.2) is 20.2 Å². The van der Waals surface area contributed by atoms with Crippen molar-refractivity contribution in [1.29, 1.82) is 0 Å². The fourth-order valence-electron chi connectivity index (χ4n) is 3.71. The fourth-order valence-corrected chi connectivity index (χ4v) is 4.33. The van der Waals surface area contributed by atoms with E-state index < -0.39 is 0 Å². The van der Waals surface area contributed by atoms with Gasteiger partial charge in [0.05, 0.1) is 21.6 Å². The van der Waals surface area contributed by atoms with E-state index in [4.69, 9.17) is 44.4 Å². The Bertz CT molecular complexity index is 1840. The molecular weight excluding hydrogens is 583 g/mol. The van der Waals surface area contributed by atoms with Crippen molar-refractivity contribution in [1.82, 2.24) is 14.5 Å². The third-order valence-corrected chi connectivity index (χ3v) is 6.50. The summed E-state index contributed by atoms with van der Waals surface area (Å²) in [7, 11) is 0. The van der Waals surface area contributed by atoms with E-state index in [1.165, 1.54) is 10.9 Å². The van der Waals surface area contributed by atoms with Crippen LogP contribution in [-0.2, 0) is 11.6 Å². The van der Waals surface area contributed by atoms with Crippen LogP contribution in [0.4, 0.5) is 0 Å². The molecule has 3 aromatic carbocycles. The first-order chi connectivity index (χ1) is 20.0. The lowest BCUT2D eigenvalue weighted by atomic mass is 10.1. The highest BCUT2D eigenvalue weighted by atomic mass is 35.5. The molecule has 0 fully saturated rings. The van der Waals surface area contributed by atoms with E-state index >= 15 is 0 Å². The minimum absolute atomic E-state index is 0.155. The first-order valence-corrected chi connectivity index (χ1v) is 13.4. The van der Waals surface area contributed by atoms with Gasteiger partial charge in [-0.25, -0.2) is 4.98 Å². The van der Waals surface area contributed by atoms with Crippen LogP contribution in [0.2, 0.25) is 15.1 Å². The smallest absolute Gasteiger partial charge is 0.264 e. The molecule has 0 spiro atoms. The molecule has 0 aliphatic carbocycles. The lowest BCUT2D eigenvalue weighted by Crippen LogP contribution is -2.21. The van der Waals surface area contributed by atoms with Crippen LogP contribution in [0.1, 0.15) is 11.3 Å². The molecule has 5 aromatic rings. The molecule has 2 aromatic heterocycles. The topological polar surface area (TPSA) is 78.6 Å². The van der Waals surface area contributed by atoms with Crippen LogP contribution < -0.4 is 10.3 Å². The van der Waals surface area contributed by atoms with E-state index in [9.17, 15) is 4.79 Å². The minimum Gasteiger partial charge on any atom is -0.455 e. The number of ether oxygens (including phenoxy) is 1. The third-order valence-electron chi connectivity index (χ3n) is 5.73. The number of benzene rings is 3. The summed E-state index contributed by atoms with van der Waals surface area (Å²) in [6.07, 6.45) is 10.2. The Kier molecular flexibility index (Phi) is 9.11. The molecule has 0 unspecified atom stereocenters. The number of allylic oxidation sites excluding steroid dienone is 2. The van der Waals surface area contributed by atoms with Gasteiger partial charge in [-0.3, -0.25) is 14.3 Å². The molecular formula is C31H21Cl3N4O3. The van der Waals surface area contributed by atoms with Crippen LogP contribution >= 0.6 is 34.8 Å². The largest absolute Gasteiger partial charge is 0.455 e.